The van der Waals surface area contributed by atoms with Crippen LogP contribution in [0.1, 0.15) is 37.2 Å². The molecule has 2 aliphatic rings. The fourth-order valence-corrected chi connectivity index (χ4v) is 3.83. The molecule has 3 nitrogen and oxygen atoms in total. The highest BCUT2D eigenvalue weighted by Crippen LogP contribution is 2.38. The summed E-state index contributed by atoms with van der Waals surface area (Å²) in [6.45, 7) is 1.95. The molecule has 1 aliphatic carbocycles. The van der Waals surface area contributed by atoms with Crippen LogP contribution in [0.25, 0.3) is 0 Å². The zero-order valence-electron chi connectivity index (χ0n) is 11.7. The average Bonchev–Trinajstić information content (AvgIpc) is 3.17. The summed E-state index contributed by atoms with van der Waals surface area (Å²) in [4.78, 5) is 13.0. The predicted molar refractivity (Wildman–Crippen MR) is 83.2 cm³/mol. The molecule has 1 saturated carbocycles. The maximum absolute atomic E-state index is 11.5. The second-order valence-corrected chi connectivity index (χ2v) is 6.76. The number of fused-ring (bicyclic) bond motifs is 1. The molecule has 4 heteroatoms. The minimum Gasteiger partial charge on any atom is -0.353 e. The van der Waals surface area contributed by atoms with Gasteiger partial charge in [0.05, 0.1) is 0 Å². The number of carbonyl (C=O) groups excluding carboxylic acids is 1. The van der Waals surface area contributed by atoms with Crippen LogP contribution < -0.4 is 10.6 Å². The lowest BCUT2D eigenvalue weighted by Gasteiger charge is -2.12. The maximum Gasteiger partial charge on any atom is 0.220 e. The quantitative estimate of drug-likeness (QED) is 0.758. The lowest BCUT2D eigenvalue weighted by atomic mass is 10.0. The first-order valence-corrected chi connectivity index (χ1v) is 8.53. The molecule has 1 atom stereocenters. The Kier molecular flexibility index (Phi) is 4.63. The highest BCUT2D eigenvalue weighted by Gasteiger charge is 2.23. The van der Waals surface area contributed by atoms with Gasteiger partial charge in [0.15, 0.2) is 0 Å². The number of carbonyl (C=O) groups is 1. The van der Waals surface area contributed by atoms with Crippen molar-refractivity contribution < 1.29 is 4.79 Å². The normalized spacial score (nSPS) is 20.7. The van der Waals surface area contributed by atoms with E-state index in [1.807, 2.05) is 11.8 Å². The highest BCUT2D eigenvalue weighted by atomic mass is 32.2. The van der Waals surface area contributed by atoms with Gasteiger partial charge in [0, 0.05) is 35.6 Å². The van der Waals surface area contributed by atoms with E-state index in [9.17, 15) is 4.79 Å². The van der Waals surface area contributed by atoms with Gasteiger partial charge in [-0.15, -0.1) is 11.8 Å². The van der Waals surface area contributed by atoms with E-state index in [1.54, 1.807) is 0 Å². The van der Waals surface area contributed by atoms with Crippen molar-refractivity contribution in [2.24, 2.45) is 0 Å². The van der Waals surface area contributed by atoms with Crippen LogP contribution in [0, 0.1) is 0 Å². The molecule has 1 aromatic rings. The molecule has 2 N–H and O–H groups in total. The summed E-state index contributed by atoms with van der Waals surface area (Å²) >= 11 is 1.95. The van der Waals surface area contributed by atoms with Gasteiger partial charge < -0.3 is 10.6 Å². The molecule has 3 rings (SSSR count). The summed E-state index contributed by atoms with van der Waals surface area (Å²) < 4.78 is 0. The molecule has 1 unspecified atom stereocenters. The van der Waals surface area contributed by atoms with Gasteiger partial charge in [-0.25, -0.2) is 0 Å². The Bertz CT molecular complexity index is 473. The summed E-state index contributed by atoms with van der Waals surface area (Å²) in [6, 6.07) is 9.18. The highest BCUT2D eigenvalue weighted by molar-refractivity contribution is 7.99. The van der Waals surface area contributed by atoms with E-state index in [1.165, 1.54) is 29.1 Å². The topological polar surface area (TPSA) is 41.1 Å². The van der Waals surface area contributed by atoms with E-state index in [0.29, 0.717) is 18.4 Å². The molecular weight excluding hydrogens is 268 g/mol. The number of rotatable bonds is 7. The zero-order chi connectivity index (χ0) is 13.8. The van der Waals surface area contributed by atoms with Crippen LogP contribution in [0.5, 0.6) is 0 Å². The summed E-state index contributed by atoms with van der Waals surface area (Å²) in [6.07, 6.45) is 3.92. The first-order chi connectivity index (χ1) is 9.83. The molecular formula is C16H22N2OS. The van der Waals surface area contributed by atoms with Gasteiger partial charge in [0.25, 0.3) is 0 Å². The maximum atomic E-state index is 11.5. The molecule has 1 fully saturated rings. The van der Waals surface area contributed by atoms with E-state index in [-0.39, 0.29) is 5.91 Å². The number of benzene rings is 1. The van der Waals surface area contributed by atoms with Crippen molar-refractivity contribution in [2.75, 3.05) is 18.8 Å². The SMILES string of the molecule is O=C(CCCNCC1CSc2ccccc21)NC1CC1. The van der Waals surface area contributed by atoms with Crippen molar-refractivity contribution in [1.29, 1.82) is 0 Å². The van der Waals surface area contributed by atoms with Gasteiger partial charge in [0.2, 0.25) is 5.91 Å². The Labute approximate surface area is 124 Å². The smallest absolute Gasteiger partial charge is 0.220 e. The zero-order valence-corrected chi connectivity index (χ0v) is 12.5. The van der Waals surface area contributed by atoms with Crippen LogP contribution >= 0.6 is 11.8 Å². The summed E-state index contributed by atoms with van der Waals surface area (Å²) in [5.41, 5.74) is 1.48. The van der Waals surface area contributed by atoms with Gasteiger partial charge in [0.1, 0.15) is 0 Å². The number of nitrogens with one attached hydrogen (secondary N) is 2. The molecule has 0 saturated heterocycles. The predicted octanol–water partition coefficient (Wildman–Crippen LogP) is 2.52. The minimum atomic E-state index is 0.219. The number of amides is 1. The van der Waals surface area contributed by atoms with E-state index in [4.69, 9.17) is 0 Å². The van der Waals surface area contributed by atoms with Gasteiger partial charge in [-0.2, -0.15) is 0 Å². The lowest BCUT2D eigenvalue weighted by Crippen LogP contribution is -2.27. The average molecular weight is 290 g/mol. The van der Waals surface area contributed by atoms with Crippen LogP contribution in [-0.4, -0.2) is 30.8 Å². The van der Waals surface area contributed by atoms with Crippen molar-refractivity contribution in [3.05, 3.63) is 29.8 Å². The van der Waals surface area contributed by atoms with Crippen LogP contribution in [0.4, 0.5) is 0 Å². The fourth-order valence-electron chi connectivity index (χ4n) is 2.58. The van der Waals surface area contributed by atoms with Crippen molar-refractivity contribution >= 4 is 17.7 Å². The number of hydrogen-bond acceptors (Lipinski definition) is 3. The lowest BCUT2D eigenvalue weighted by molar-refractivity contribution is -0.121. The molecule has 1 aromatic carbocycles. The Morgan fingerprint density at radius 1 is 1.30 bits per heavy atom. The molecule has 0 aromatic heterocycles. The van der Waals surface area contributed by atoms with E-state index in [2.05, 4.69) is 34.9 Å². The Hall–Kier alpha value is -1.00. The van der Waals surface area contributed by atoms with Crippen LogP contribution in [-0.2, 0) is 4.79 Å². The molecule has 108 valence electrons. The summed E-state index contributed by atoms with van der Waals surface area (Å²) in [7, 11) is 0. The number of thioether (sulfide) groups is 1. The van der Waals surface area contributed by atoms with Gasteiger partial charge in [-0.1, -0.05) is 18.2 Å². The second-order valence-electron chi connectivity index (χ2n) is 5.70. The molecule has 0 spiro atoms. The summed E-state index contributed by atoms with van der Waals surface area (Å²) in [5.74, 6) is 2.02. The van der Waals surface area contributed by atoms with Crippen LogP contribution in [0.3, 0.4) is 0 Å². The van der Waals surface area contributed by atoms with Crippen molar-refractivity contribution in [3.63, 3.8) is 0 Å². The minimum absolute atomic E-state index is 0.219. The number of hydrogen-bond donors (Lipinski definition) is 2. The van der Waals surface area contributed by atoms with Gasteiger partial charge >= 0.3 is 0 Å². The third-order valence-corrected chi connectivity index (χ3v) is 5.14. The largest absolute Gasteiger partial charge is 0.353 e. The monoisotopic (exact) mass is 290 g/mol. The Morgan fingerprint density at radius 2 is 2.15 bits per heavy atom. The van der Waals surface area contributed by atoms with E-state index in [0.717, 1.165) is 19.5 Å². The van der Waals surface area contributed by atoms with Crippen molar-refractivity contribution in [1.82, 2.24) is 10.6 Å². The third-order valence-electron chi connectivity index (χ3n) is 3.89. The van der Waals surface area contributed by atoms with Gasteiger partial charge in [-0.05, 0) is 37.4 Å². The van der Waals surface area contributed by atoms with Crippen molar-refractivity contribution in [3.8, 4) is 0 Å². The van der Waals surface area contributed by atoms with Crippen molar-refractivity contribution in [2.45, 2.75) is 42.5 Å². The van der Waals surface area contributed by atoms with Crippen LogP contribution in [0.15, 0.2) is 29.2 Å². The first kappa shape index (κ1) is 14.0. The molecule has 20 heavy (non-hydrogen) atoms. The fraction of sp³-hybridized carbons (Fsp3) is 0.562. The van der Waals surface area contributed by atoms with Gasteiger partial charge in [-0.3, -0.25) is 4.79 Å². The van der Waals surface area contributed by atoms with Crippen LogP contribution in [0.2, 0.25) is 0 Å². The second kappa shape index (κ2) is 6.64. The third kappa shape index (κ3) is 3.76. The molecule has 0 radical (unpaired) electrons. The standard InChI is InChI=1S/C16H22N2OS/c19-16(18-13-7-8-13)6-3-9-17-10-12-11-20-15-5-2-1-4-14(12)15/h1-2,4-5,12-13,17H,3,6-11H2,(H,18,19). The first-order valence-electron chi connectivity index (χ1n) is 7.55. The molecule has 0 bridgehead atoms. The van der Waals surface area contributed by atoms with E-state index < -0.39 is 0 Å². The summed E-state index contributed by atoms with van der Waals surface area (Å²) in [5, 5.41) is 6.53. The molecule has 1 amide bonds. The van der Waals surface area contributed by atoms with E-state index >= 15 is 0 Å². The Balaban J connectivity index is 1.31. The Morgan fingerprint density at radius 3 is 3.00 bits per heavy atom. The molecule has 1 heterocycles. The molecule has 1 aliphatic heterocycles.